The first-order valence-corrected chi connectivity index (χ1v) is 10.9. The average molecular weight is 430 g/mol. The molecule has 0 aromatic heterocycles. The van der Waals surface area contributed by atoms with Gasteiger partial charge in [-0.15, -0.1) is 0 Å². The normalized spacial score (nSPS) is 10.7. The third kappa shape index (κ3) is 8.13. The Bertz CT molecular complexity index is 791. The van der Waals surface area contributed by atoms with E-state index in [4.69, 9.17) is 18.9 Å². The summed E-state index contributed by atoms with van der Waals surface area (Å²) in [5.41, 5.74) is 1.80. The first kappa shape index (κ1) is 24.5. The van der Waals surface area contributed by atoms with Gasteiger partial charge in [0.15, 0.2) is 11.5 Å². The van der Waals surface area contributed by atoms with Crippen LogP contribution in [0.15, 0.2) is 42.5 Å². The molecule has 0 aliphatic carbocycles. The summed E-state index contributed by atoms with van der Waals surface area (Å²) in [5.74, 6) is 1.66. The number of hydrogen-bond acceptors (Lipinski definition) is 6. The van der Waals surface area contributed by atoms with Crippen molar-refractivity contribution in [2.45, 2.75) is 32.6 Å². The predicted octanol–water partition coefficient (Wildman–Crippen LogP) is 4.60. The number of hydrogen-bond donors (Lipinski definition) is 0. The van der Waals surface area contributed by atoms with Crippen LogP contribution < -0.4 is 14.2 Å². The highest BCUT2D eigenvalue weighted by Gasteiger charge is 2.12. The van der Waals surface area contributed by atoms with Gasteiger partial charge in [-0.3, -0.25) is 0 Å². The van der Waals surface area contributed by atoms with E-state index in [0.29, 0.717) is 23.7 Å². The molecule has 0 bridgehead atoms. The van der Waals surface area contributed by atoms with Gasteiger partial charge >= 0.3 is 5.97 Å². The SMILES string of the molecule is CCN(CCCCOC(=O)c1ccc(OC)c(OC)c1)CCCc1ccc(OC)cc1. The first-order chi connectivity index (χ1) is 15.1. The Labute approximate surface area is 186 Å². The second kappa shape index (κ2) is 13.5. The van der Waals surface area contributed by atoms with Gasteiger partial charge < -0.3 is 23.8 Å². The van der Waals surface area contributed by atoms with Crippen LogP contribution in [0.4, 0.5) is 0 Å². The van der Waals surface area contributed by atoms with Crippen LogP contribution in [-0.4, -0.2) is 58.4 Å². The number of ether oxygens (including phenoxy) is 4. The summed E-state index contributed by atoms with van der Waals surface area (Å²) < 4.78 is 21.0. The van der Waals surface area contributed by atoms with E-state index in [1.165, 1.54) is 5.56 Å². The molecule has 6 nitrogen and oxygen atoms in total. The van der Waals surface area contributed by atoms with Gasteiger partial charge in [0, 0.05) is 0 Å². The van der Waals surface area contributed by atoms with Crippen LogP contribution in [0.25, 0.3) is 0 Å². The van der Waals surface area contributed by atoms with Crippen molar-refractivity contribution in [1.82, 2.24) is 4.90 Å². The molecule has 170 valence electrons. The monoisotopic (exact) mass is 429 g/mol. The highest BCUT2D eigenvalue weighted by molar-refractivity contribution is 5.90. The lowest BCUT2D eigenvalue weighted by Crippen LogP contribution is -2.26. The summed E-state index contributed by atoms with van der Waals surface area (Å²) in [4.78, 5) is 14.7. The molecule has 0 saturated heterocycles. The van der Waals surface area contributed by atoms with Crippen molar-refractivity contribution >= 4 is 5.97 Å². The maximum Gasteiger partial charge on any atom is 0.338 e. The number of unbranched alkanes of at least 4 members (excludes halogenated alkanes) is 1. The number of rotatable bonds is 14. The zero-order chi connectivity index (χ0) is 22.5. The fraction of sp³-hybridized carbons (Fsp3) is 0.480. The molecule has 0 heterocycles. The molecule has 2 aromatic rings. The Hall–Kier alpha value is -2.73. The molecule has 0 N–H and O–H groups in total. The zero-order valence-electron chi connectivity index (χ0n) is 19.2. The lowest BCUT2D eigenvalue weighted by molar-refractivity contribution is 0.0494. The number of esters is 1. The van der Waals surface area contributed by atoms with Crippen molar-refractivity contribution < 1.29 is 23.7 Å². The number of benzene rings is 2. The van der Waals surface area contributed by atoms with Crippen LogP contribution in [-0.2, 0) is 11.2 Å². The van der Waals surface area contributed by atoms with Gasteiger partial charge in [-0.25, -0.2) is 4.79 Å². The number of methoxy groups -OCH3 is 3. The molecule has 6 heteroatoms. The van der Waals surface area contributed by atoms with Gasteiger partial charge in [0.25, 0.3) is 0 Å². The summed E-state index contributed by atoms with van der Waals surface area (Å²) in [5, 5.41) is 0. The average Bonchev–Trinajstić information content (AvgIpc) is 2.82. The highest BCUT2D eigenvalue weighted by Crippen LogP contribution is 2.27. The number of carbonyl (C=O) groups is 1. The van der Waals surface area contributed by atoms with Crippen molar-refractivity contribution in [3.8, 4) is 17.2 Å². The highest BCUT2D eigenvalue weighted by atomic mass is 16.5. The topological polar surface area (TPSA) is 57.2 Å². The van der Waals surface area contributed by atoms with E-state index in [0.717, 1.165) is 51.1 Å². The molecule has 0 spiro atoms. The van der Waals surface area contributed by atoms with Crippen LogP contribution in [0.2, 0.25) is 0 Å². The number of aryl methyl sites for hydroxylation is 1. The molecule has 0 saturated carbocycles. The van der Waals surface area contributed by atoms with Gasteiger partial charge in [-0.2, -0.15) is 0 Å². The van der Waals surface area contributed by atoms with Gasteiger partial charge in [0.2, 0.25) is 0 Å². The molecule has 0 aliphatic heterocycles. The van der Waals surface area contributed by atoms with E-state index in [1.807, 2.05) is 12.1 Å². The standard InChI is InChI=1S/C25H35NO5/c1-5-26(17-8-9-20-10-13-22(28-2)14-11-20)16-6-7-18-31-25(27)21-12-15-23(29-3)24(19-21)30-4/h10-15,19H,5-9,16-18H2,1-4H3. The summed E-state index contributed by atoms with van der Waals surface area (Å²) >= 11 is 0. The summed E-state index contributed by atoms with van der Waals surface area (Å²) in [6, 6.07) is 13.3. The van der Waals surface area contributed by atoms with E-state index < -0.39 is 0 Å². The largest absolute Gasteiger partial charge is 0.497 e. The minimum Gasteiger partial charge on any atom is -0.497 e. The molecule has 0 atom stereocenters. The van der Waals surface area contributed by atoms with E-state index in [-0.39, 0.29) is 5.97 Å². The van der Waals surface area contributed by atoms with E-state index in [9.17, 15) is 4.79 Å². The quantitative estimate of drug-likeness (QED) is 0.323. The summed E-state index contributed by atoms with van der Waals surface area (Å²) in [6.45, 7) is 5.69. The van der Waals surface area contributed by atoms with Crippen molar-refractivity contribution in [3.05, 3.63) is 53.6 Å². The minimum atomic E-state index is -0.340. The zero-order valence-corrected chi connectivity index (χ0v) is 19.2. The van der Waals surface area contributed by atoms with Gasteiger partial charge in [-0.05, 0) is 81.2 Å². The van der Waals surface area contributed by atoms with E-state index in [1.54, 1.807) is 39.5 Å². The maximum atomic E-state index is 12.2. The first-order valence-electron chi connectivity index (χ1n) is 10.9. The Morgan fingerprint density at radius 1 is 0.839 bits per heavy atom. The van der Waals surface area contributed by atoms with Crippen LogP contribution in [0, 0.1) is 0 Å². The van der Waals surface area contributed by atoms with Crippen LogP contribution in [0.3, 0.4) is 0 Å². The maximum absolute atomic E-state index is 12.2. The van der Waals surface area contributed by atoms with Crippen LogP contribution in [0.1, 0.15) is 42.1 Å². The molecular formula is C25H35NO5. The Balaban J connectivity index is 1.64. The van der Waals surface area contributed by atoms with Crippen molar-refractivity contribution in [2.24, 2.45) is 0 Å². The molecular weight excluding hydrogens is 394 g/mol. The van der Waals surface area contributed by atoms with Crippen LogP contribution >= 0.6 is 0 Å². The van der Waals surface area contributed by atoms with Crippen molar-refractivity contribution in [3.63, 3.8) is 0 Å². The predicted molar refractivity (Wildman–Crippen MR) is 122 cm³/mol. The lowest BCUT2D eigenvalue weighted by Gasteiger charge is -2.20. The van der Waals surface area contributed by atoms with E-state index >= 15 is 0 Å². The smallest absolute Gasteiger partial charge is 0.338 e. The van der Waals surface area contributed by atoms with E-state index in [2.05, 4.69) is 24.0 Å². The Morgan fingerprint density at radius 2 is 1.55 bits per heavy atom. The fourth-order valence-electron chi connectivity index (χ4n) is 3.38. The second-order valence-electron chi connectivity index (χ2n) is 7.30. The molecule has 0 fully saturated rings. The molecule has 2 aromatic carbocycles. The second-order valence-corrected chi connectivity index (χ2v) is 7.30. The van der Waals surface area contributed by atoms with Crippen molar-refractivity contribution in [1.29, 1.82) is 0 Å². The third-order valence-electron chi connectivity index (χ3n) is 5.27. The number of carbonyl (C=O) groups excluding carboxylic acids is 1. The molecule has 31 heavy (non-hydrogen) atoms. The fourth-order valence-corrected chi connectivity index (χ4v) is 3.38. The Kier molecular flexibility index (Phi) is 10.7. The summed E-state index contributed by atoms with van der Waals surface area (Å²) in [7, 11) is 4.79. The molecule has 0 radical (unpaired) electrons. The number of nitrogens with zero attached hydrogens (tertiary/aromatic N) is 1. The lowest BCUT2D eigenvalue weighted by atomic mass is 10.1. The van der Waals surface area contributed by atoms with Crippen molar-refractivity contribution in [2.75, 3.05) is 47.6 Å². The molecule has 0 amide bonds. The van der Waals surface area contributed by atoms with Gasteiger partial charge in [-0.1, -0.05) is 19.1 Å². The van der Waals surface area contributed by atoms with Gasteiger partial charge in [0.05, 0.1) is 33.5 Å². The third-order valence-corrected chi connectivity index (χ3v) is 5.27. The van der Waals surface area contributed by atoms with Crippen LogP contribution in [0.5, 0.6) is 17.2 Å². The van der Waals surface area contributed by atoms with Gasteiger partial charge in [0.1, 0.15) is 5.75 Å². The molecule has 0 aliphatic rings. The summed E-state index contributed by atoms with van der Waals surface area (Å²) in [6.07, 6.45) is 4.02. The molecule has 2 rings (SSSR count). The Morgan fingerprint density at radius 3 is 2.19 bits per heavy atom. The minimum absolute atomic E-state index is 0.340. The molecule has 0 unspecified atom stereocenters.